The molecular weight excluding hydrogens is 307 g/mol. The number of amides is 2. The molecule has 0 heterocycles. The number of urea groups is 1. The van der Waals surface area contributed by atoms with Crippen molar-refractivity contribution in [2.75, 3.05) is 0 Å². The summed E-state index contributed by atoms with van der Waals surface area (Å²) in [7, 11) is 0. The molecule has 0 saturated heterocycles. The maximum atomic E-state index is 13.6. The van der Waals surface area contributed by atoms with Gasteiger partial charge in [-0.2, -0.15) is 0 Å². The van der Waals surface area contributed by atoms with Crippen molar-refractivity contribution in [2.45, 2.75) is 69.6 Å². The first kappa shape index (κ1) is 17.2. The third kappa shape index (κ3) is 4.47. The van der Waals surface area contributed by atoms with Gasteiger partial charge in [-0.25, -0.2) is 9.18 Å². The minimum Gasteiger partial charge on any atom is -0.393 e. The number of benzene rings is 1. The lowest BCUT2D eigenvalue weighted by Gasteiger charge is -2.29. The van der Waals surface area contributed by atoms with E-state index in [9.17, 15) is 14.3 Å². The second-order valence-electron chi connectivity index (χ2n) is 7.20. The number of aliphatic hydroxyl groups excluding tert-OH is 1. The molecule has 0 spiro atoms. The Labute approximate surface area is 142 Å². The van der Waals surface area contributed by atoms with Crippen LogP contribution >= 0.6 is 0 Å². The van der Waals surface area contributed by atoms with Crippen LogP contribution in [-0.2, 0) is 0 Å². The summed E-state index contributed by atoms with van der Waals surface area (Å²) in [5.41, 5.74) is 0.844. The molecule has 4 nitrogen and oxygen atoms in total. The molecule has 1 unspecified atom stereocenters. The highest BCUT2D eigenvalue weighted by atomic mass is 19.1. The molecule has 2 saturated carbocycles. The lowest BCUT2D eigenvalue weighted by Crippen LogP contribution is -2.46. The highest BCUT2D eigenvalue weighted by Gasteiger charge is 2.29. The van der Waals surface area contributed by atoms with E-state index in [0.29, 0.717) is 5.92 Å². The predicted octanol–water partition coefficient (Wildman–Crippen LogP) is 3.66. The van der Waals surface area contributed by atoms with E-state index >= 15 is 0 Å². The van der Waals surface area contributed by atoms with Crippen molar-refractivity contribution in [1.82, 2.24) is 10.6 Å². The molecule has 1 aromatic carbocycles. The third-order valence-electron chi connectivity index (χ3n) is 5.40. The van der Waals surface area contributed by atoms with Crippen molar-refractivity contribution in [3.05, 3.63) is 35.6 Å². The summed E-state index contributed by atoms with van der Waals surface area (Å²) in [5, 5.41) is 15.7. The van der Waals surface area contributed by atoms with E-state index in [2.05, 4.69) is 10.6 Å². The molecule has 3 rings (SSSR count). The number of hydrogen-bond donors (Lipinski definition) is 3. The monoisotopic (exact) mass is 334 g/mol. The first-order valence-corrected chi connectivity index (χ1v) is 9.12. The van der Waals surface area contributed by atoms with Gasteiger partial charge in [0.15, 0.2) is 0 Å². The fraction of sp³-hybridized carbons (Fsp3) is 0.632. The Kier molecular flexibility index (Phi) is 5.72. The van der Waals surface area contributed by atoms with Gasteiger partial charge in [-0.1, -0.05) is 25.0 Å². The molecule has 1 aromatic rings. The maximum Gasteiger partial charge on any atom is 0.315 e. The van der Waals surface area contributed by atoms with E-state index in [1.54, 1.807) is 6.07 Å². The Morgan fingerprint density at radius 2 is 1.83 bits per heavy atom. The fourth-order valence-corrected chi connectivity index (χ4v) is 4.05. The van der Waals surface area contributed by atoms with Crippen LogP contribution in [-0.4, -0.2) is 23.3 Å². The standard InChI is InChI=1S/C19H27FN2O2/c20-15-7-3-6-14(12-15)18(13-4-1-2-5-13)22-19(24)21-16-8-10-17(23)11-9-16/h3,6-7,12-13,16-18,23H,1-2,4-5,8-11H2,(H2,21,22,24). The van der Waals surface area contributed by atoms with Crippen molar-refractivity contribution < 1.29 is 14.3 Å². The molecular formula is C19H27FN2O2. The average molecular weight is 334 g/mol. The number of halogens is 1. The summed E-state index contributed by atoms with van der Waals surface area (Å²) in [4.78, 5) is 12.4. The summed E-state index contributed by atoms with van der Waals surface area (Å²) < 4.78 is 13.6. The van der Waals surface area contributed by atoms with Crippen LogP contribution in [0.1, 0.15) is 63.0 Å². The van der Waals surface area contributed by atoms with Gasteiger partial charge in [0.05, 0.1) is 12.1 Å². The SMILES string of the molecule is O=C(NC1CCC(O)CC1)NC(c1cccc(F)c1)C1CCCC1. The molecule has 2 fully saturated rings. The highest BCUT2D eigenvalue weighted by molar-refractivity contribution is 5.74. The molecule has 0 bridgehead atoms. The quantitative estimate of drug-likeness (QED) is 0.787. The van der Waals surface area contributed by atoms with Gasteiger partial charge in [0.2, 0.25) is 0 Å². The lowest BCUT2D eigenvalue weighted by atomic mass is 9.91. The van der Waals surface area contributed by atoms with Gasteiger partial charge in [0.1, 0.15) is 5.82 Å². The van der Waals surface area contributed by atoms with Gasteiger partial charge < -0.3 is 15.7 Å². The molecule has 3 N–H and O–H groups in total. The fourth-order valence-electron chi connectivity index (χ4n) is 4.05. The predicted molar refractivity (Wildman–Crippen MR) is 91.0 cm³/mol. The topological polar surface area (TPSA) is 61.4 Å². The smallest absolute Gasteiger partial charge is 0.315 e. The molecule has 2 aliphatic rings. The Morgan fingerprint density at radius 1 is 1.12 bits per heavy atom. The Bertz CT molecular complexity index is 552. The summed E-state index contributed by atoms with van der Waals surface area (Å²) in [5.74, 6) is 0.102. The molecule has 2 amide bonds. The molecule has 0 radical (unpaired) electrons. The first-order chi connectivity index (χ1) is 11.6. The van der Waals surface area contributed by atoms with Crippen LogP contribution in [0.15, 0.2) is 24.3 Å². The zero-order valence-electron chi connectivity index (χ0n) is 14.0. The second kappa shape index (κ2) is 7.97. The molecule has 2 aliphatic carbocycles. The minimum atomic E-state index is -0.265. The number of nitrogens with one attached hydrogen (secondary N) is 2. The van der Waals surface area contributed by atoms with Crippen LogP contribution in [0, 0.1) is 11.7 Å². The number of aliphatic hydroxyl groups is 1. The molecule has 24 heavy (non-hydrogen) atoms. The number of carbonyl (C=O) groups is 1. The van der Waals surface area contributed by atoms with Crippen LogP contribution in [0.5, 0.6) is 0 Å². The summed E-state index contributed by atoms with van der Waals surface area (Å²) in [6.45, 7) is 0. The molecule has 1 atom stereocenters. The largest absolute Gasteiger partial charge is 0.393 e. The lowest BCUT2D eigenvalue weighted by molar-refractivity contribution is 0.117. The van der Waals surface area contributed by atoms with Crippen LogP contribution < -0.4 is 10.6 Å². The van der Waals surface area contributed by atoms with Gasteiger partial charge in [-0.15, -0.1) is 0 Å². The van der Waals surface area contributed by atoms with E-state index in [-0.39, 0.29) is 30.0 Å². The van der Waals surface area contributed by atoms with Crippen molar-refractivity contribution in [1.29, 1.82) is 0 Å². The zero-order chi connectivity index (χ0) is 16.9. The first-order valence-electron chi connectivity index (χ1n) is 9.12. The van der Waals surface area contributed by atoms with Crippen LogP contribution in [0.25, 0.3) is 0 Å². The Balaban J connectivity index is 1.64. The van der Waals surface area contributed by atoms with Crippen LogP contribution in [0.4, 0.5) is 9.18 Å². The Morgan fingerprint density at radius 3 is 2.50 bits per heavy atom. The van der Waals surface area contributed by atoms with Crippen molar-refractivity contribution >= 4 is 6.03 Å². The van der Waals surface area contributed by atoms with Crippen molar-refractivity contribution in [2.24, 2.45) is 5.92 Å². The zero-order valence-corrected chi connectivity index (χ0v) is 14.0. The van der Waals surface area contributed by atoms with Crippen molar-refractivity contribution in [3.63, 3.8) is 0 Å². The van der Waals surface area contributed by atoms with Gasteiger partial charge in [0.25, 0.3) is 0 Å². The average Bonchev–Trinajstić information content (AvgIpc) is 3.09. The van der Waals surface area contributed by atoms with Gasteiger partial charge in [0, 0.05) is 6.04 Å². The summed E-state index contributed by atoms with van der Waals surface area (Å²) >= 11 is 0. The van der Waals surface area contributed by atoms with Gasteiger partial charge in [-0.3, -0.25) is 0 Å². The summed E-state index contributed by atoms with van der Waals surface area (Å²) in [6, 6.07) is 6.35. The maximum absolute atomic E-state index is 13.6. The van der Waals surface area contributed by atoms with E-state index in [1.165, 1.54) is 25.0 Å². The Hall–Kier alpha value is -1.62. The second-order valence-corrected chi connectivity index (χ2v) is 7.20. The summed E-state index contributed by atoms with van der Waals surface area (Å²) in [6.07, 6.45) is 7.33. The number of rotatable bonds is 4. The van der Waals surface area contributed by atoms with E-state index < -0.39 is 0 Å². The van der Waals surface area contributed by atoms with Crippen molar-refractivity contribution in [3.8, 4) is 0 Å². The van der Waals surface area contributed by atoms with E-state index in [4.69, 9.17) is 0 Å². The normalized spacial score (nSPS) is 26.1. The third-order valence-corrected chi connectivity index (χ3v) is 5.40. The van der Waals surface area contributed by atoms with Crippen LogP contribution in [0.3, 0.4) is 0 Å². The highest BCUT2D eigenvalue weighted by Crippen LogP contribution is 2.36. The van der Waals surface area contributed by atoms with Gasteiger partial charge >= 0.3 is 6.03 Å². The number of carbonyl (C=O) groups excluding carboxylic acids is 1. The molecule has 0 aromatic heterocycles. The van der Waals surface area contributed by atoms with E-state index in [1.807, 2.05) is 6.07 Å². The van der Waals surface area contributed by atoms with E-state index in [0.717, 1.165) is 44.1 Å². The number of hydrogen-bond acceptors (Lipinski definition) is 2. The van der Waals surface area contributed by atoms with Crippen LogP contribution in [0.2, 0.25) is 0 Å². The molecule has 132 valence electrons. The minimum absolute atomic E-state index is 0.116. The molecule has 5 heteroatoms. The van der Waals surface area contributed by atoms with Gasteiger partial charge in [-0.05, 0) is 62.1 Å². The molecule has 0 aliphatic heterocycles.